The van der Waals surface area contributed by atoms with Crippen LogP contribution in [0.15, 0.2) is 30.3 Å². The lowest BCUT2D eigenvalue weighted by molar-refractivity contribution is 0.653. The molecule has 0 atom stereocenters. The van der Waals surface area contributed by atoms with Crippen molar-refractivity contribution in [3.63, 3.8) is 0 Å². The van der Waals surface area contributed by atoms with Crippen LogP contribution in [-0.4, -0.2) is 33.4 Å². The summed E-state index contributed by atoms with van der Waals surface area (Å²) in [5.74, 6) is 1.65. The summed E-state index contributed by atoms with van der Waals surface area (Å²) in [4.78, 5) is 6.65. The van der Waals surface area contributed by atoms with Crippen molar-refractivity contribution in [3.05, 3.63) is 30.3 Å². The van der Waals surface area contributed by atoms with Crippen LogP contribution in [-0.2, 0) is 13.6 Å². The topological polar surface area (TPSA) is 38.9 Å². The van der Waals surface area contributed by atoms with E-state index in [1.165, 1.54) is 10.9 Å². The number of hydrogen-bond acceptors (Lipinski definition) is 3. The smallest absolute Gasteiger partial charge is 0.223 e. The van der Waals surface area contributed by atoms with Crippen LogP contribution in [0.25, 0.3) is 22.4 Å². The quantitative estimate of drug-likeness (QED) is 0.733. The number of anilines is 1. The van der Waals surface area contributed by atoms with Crippen molar-refractivity contribution < 1.29 is 0 Å². The molecule has 0 bridgehead atoms. The van der Waals surface area contributed by atoms with Gasteiger partial charge in [0, 0.05) is 38.6 Å². The third kappa shape index (κ3) is 1.86. The van der Waals surface area contributed by atoms with Crippen molar-refractivity contribution in [3.8, 4) is 11.5 Å². The van der Waals surface area contributed by atoms with Crippen molar-refractivity contribution in [1.29, 1.82) is 0 Å². The van der Waals surface area contributed by atoms with Gasteiger partial charge >= 0.3 is 0 Å². The van der Waals surface area contributed by atoms with Crippen LogP contribution in [0.1, 0.15) is 6.92 Å². The van der Waals surface area contributed by atoms with E-state index in [4.69, 9.17) is 0 Å². The number of aryl methyl sites for hydroxylation is 2. The second-order valence-electron chi connectivity index (χ2n) is 5.09. The first-order chi connectivity index (χ1) is 9.61. The van der Waals surface area contributed by atoms with Crippen LogP contribution in [0.2, 0.25) is 0 Å². The summed E-state index contributed by atoms with van der Waals surface area (Å²) in [6.45, 7) is 2.89. The summed E-state index contributed by atoms with van der Waals surface area (Å²) in [5.41, 5.74) is 2.24. The molecule has 0 saturated carbocycles. The van der Waals surface area contributed by atoms with Gasteiger partial charge in [-0.3, -0.25) is 0 Å². The molecular formula is C15H19N5. The third-order valence-corrected chi connectivity index (χ3v) is 3.53. The molecule has 0 aliphatic rings. The van der Waals surface area contributed by atoms with Gasteiger partial charge in [0.1, 0.15) is 0 Å². The van der Waals surface area contributed by atoms with E-state index in [9.17, 15) is 0 Å². The fourth-order valence-corrected chi connectivity index (χ4v) is 2.49. The summed E-state index contributed by atoms with van der Waals surface area (Å²) < 4.78 is 4.07. The van der Waals surface area contributed by atoms with E-state index in [-0.39, 0.29) is 0 Å². The van der Waals surface area contributed by atoms with Crippen LogP contribution in [0.3, 0.4) is 0 Å². The van der Waals surface area contributed by atoms with Gasteiger partial charge < -0.3 is 9.47 Å². The number of rotatable bonds is 3. The number of para-hydroxylation sites is 1. The van der Waals surface area contributed by atoms with Gasteiger partial charge in [0.2, 0.25) is 5.95 Å². The van der Waals surface area contributed by atoms with E-state index >= 15 is 0 Å². The first kappa shape index (κ1) is 12.7. The Labute approximate surface area is 118 Å². The van der Waals surface area contributed by atoms with Crippen LogP contribution < -0.4 is 4.90 Å². The number of aromatic nitrogens is 4. The Morgan fingerprint density at radius 3 is 2.55 bits per heavy atom. The van der Waals surface area contributed by atoms with Gasteiger partial charge in [-0.1, -0.05) is 18.2 Å². The van der Waals surface area contributed by atoms with Crippen LogP contribution in [0.4, 0.5) is 5.95 Å². The molecule has 3 aromatic rings. The number of nitrogens with zero attached hydrogens (tertiary/aromatic N) is 5. The second kappa shape index (κ2) is 4.67. The molecule has 2 aromatic heterocycles. The van der Waals surface area contributed by atoms with E-state index < -0.39 is 0 Å². The molecule has 0 amide bonds. The Bertz CT molecular complexity index is 751. The zero-order chi connectivity index (χ0) is 14.3. The first-order valence-electron chi connectivity index (χ1n) is 6.78. The fraction of sp³-hybridized carbons (Fsp3) is 0.333. The van der Waals surface area contributed by atoms with E-state index in [0.717, 1.165) is 24.0 Å². The third-order valence-electron chi connectivity index (χ3n) is 3.53. The highest BCUT2D eigenvalue weighted by molar-refractivity contribution is 5.85. The molecule has 0 aliphatic heterocycles. The average molecular weight is 269 g/mol. The Balaban J connectivity index is 2.18. The molecule has 5 nitrogen and oxygen atoms in total. The highest BCUT2D eigenvalue weighted by atomic mass is 15.4. The molecule has 0 spiro atoms. The molecule has 0 saturated heterocycles. The minimum absolute atomic E-state index is 0.772. The lowest BCUT2D eigenvalue weighted by Crippen LogP contribution is -2.15. The maximum Gasteiger partial charge on any atom is 0.223 e. The number of benzene rings is 1. The van der Waals surface area contributed by atoms with Gasteiger partial charge in [0.15, 0.2) is 5.82 Å². The minimum Gasteiger partial charge on any atom is -0.347 e. The molecule has 20 heavy (non-hydrogen) atoms. The highest BCUT2D eigenvalue weighted by Gasteiger charge is 2.15. The van der Waals surface area contributed by atoms with E-state index in [1.54, 1.807) is 0 Å². The molecule has 3 rings (SSSR count). The van der Waals surface area contributed by atoms with E-state index in [1.807, 2.05) is 23.7 Å². The molecule has 1 aromatic carbocycles. The monoisotopic (exact) mass is 269 g/mol. The van der Waals surface area contributed by atoms with Crippen molar-refractivity contribution >= 4 is 16.9 Å². The Kier molecular flexibility index (Phi) is 2.97. The van der Waals surface area contributed by atoms with Crippen LogP contribution in [0.5, 0.6) is 0 Å². The maximum atomic E-state index is 4.66. The molecule has 104 valence electrons. The predicted octanol–water partition coefficient (Wildman–Crippen LogP) is 2.52. The molecule has 0 aliphatic carbocycles. The van der Waals surface area contributed by atoms with Crippen molar-refractivity contribution in [1.82, 2.24) is 19.3 Å². The zero-order valence-electron chi connectivity index (χ0n) is 12.3. The normalized spacial score (nSPS) is 11.2. The predicted molar refractivity (Wildman–Crippen MR) is 81.9 cm³/mol. The van der Waals surface area contributed by atoms with Gasteiger partial charge in [-0.05, 0) is 19.1 Å². The first-order valence-corrected chi connectivity index (χ1v) is 6.78. The van der Waals surface area contributed by atoms with E-state index in [0.29, 0.717) is 0 Å². The van der Waals surface area contributed by atoms with Gasteiger partial charge in [-0.2, -0.15) is 4.98 Å². The van der Waals surface area contributed by atoms with Gasteiger partial charge in [-0.15, -0.1) is 5.10 Å². The van der Waals surface area contributed by atoms with Gasteiger partial charge in [-0.25, -0.2) is 4.68 Å². The van der Waals surface area contributed by atoms with E-state index in [2.05, 4.69) is 59.0 Å². The Morgan fingerprint density at radius 2 is 1.95 bits per heavy atom. The maximum absolute atomic E-state index is 4.66. The van der Waals surface area contributed by atoms with Crippen molar-refractivity contribution in [2.24, 2.45) is 7.05 Å². The van der Waals surface area contributed by atoms with Crippen molar-refractivity contribution in [2.75, 3.05) is 19.0 Å². The minimum atomic E-state index is 0.772. The molecular weight excluding hydrogens is 250 g/mol. The van der Waals surface area contributed by atoms with Gasteiger partial charge in [0.25, 0.3) is 0 Å². The Morgan fingerprint density at radius 1 is 1.20 bits per heavy atom. The molecule has 0 fully saturated rings. The highest BCUT2D eigenvalue weighted by Crippen LogP contribution is 2.26. The lowest BCUT2D eigenvalue weighted by atomic mass is 10.2. The van der Waals surface area contributed by atoms with Crippen LogP contribution >= 0.6 is 0 Å². The number of hydrogen-bond donors (Lipinski definition) is 0. The fourth-order valence-electron chi connectivity index (χ4n) is 2.49. The summed E-state index contributed by atoms with van der Waals surface area (Å²) in [7, 11) is 6.03. The Hall–Kier alpha value is -2.30. The summed E-state index contributed by atoms with van der Waals surface area (Å²) in [5, 5.41) is 5.83. The van der Waals surface area contributed by atoms with Gasteiger partial charge in [0.05, 0.1) is 5.69 Å². The standard InChI is InChI=1S/C15H19N5/c1-5-20-15(18(2)3)16-14(17-20)13-10-11-8-6-7-9-12(11)19(13)4/h6-10H,5H2,1-4H3. The summed E-state index contributed by atoms with van der Waals surface area (Å²) in [6.07, 6.45) is 0. The largest absolute Gasteiger partial charge is 0.347 e. The summed E-state index contributed by atoms with van der Waals surface area (Å²) >= 11 is 0. The zero-order valence-corrected chi connectivity index (χ0v) is 12.3. The number of fused-ring (bicyclic) bond motifs is 1. The second-order valence-corrected chi connectivity index (χ2v) is 5.09. The SMILES string of the molecule is CCn1nc(-c2cc3ccccc3n2C)nc1N(C)C. The lowest BCUT2D eigenvalue weighted by Gasteiger charge is -2.10. The average Bonchev–Trinajstić information content (AvgIpc) is 3.01. The molecule has 0 unspecified atom stereocenters. The molecule has 2 heterocycles. The molecule has 0 N–H and O–H groups in total. The van der Waals surface area contributed by atoms with Crippen molar-refractivity contribution in [2.45, 2.75) is 13.5 Å². The van der Waals surface area contributed by atoms with Crippen LogP contribution in [0, 0.1) is 0 Å². The molecule has 0 radical (unpaired) electrons. The molecule has 5 heteroatoms. The summed E-state index contributed by atoms with van der Waals surface area (Å²) in [6, 6.07) is 10.5.